The number of nitrogens with zero attached hydrogens (tertiary/aromatic N) is 3. The molecule has 0 spiro atoms. The standard InChI is InChI=1S/C13H9BrClN3O/c1-7-3-4-11(8(2)9(7)5-16)19-12-10(14)6-17-13(15)18-12/h3-4,6H,1-2H3. The molecule has 96 valence electrons. The van der Waals surface area contributed by atoms with E-state index < -0.39 is 0 Å². The SMILES string of the molecule is Cc1ccc(Oc2nc(Cl)ncc2Br)c(C)c1C#N. The van der Waals surface area contributed by atoms with E-state index in [2.05, 4.69) is 32.0 Å². The van der Waals surface area contributed by atoms with Gasteiger partial charge in [0.2, 0.25) is 11.2 Å². The lowest BCUT2D eigenvalue weighted by atomic mass is 10.0. The van der Waals surface area contributed by atoms with Gasteiger partial charge < -0.3 is 4.74 Å². The van der Waals surface area contributed by atoms with Gasteiger partial charge in [-0.1, -0.05) is 6.07 Å². The molecule has 2 rings (SSSR count). The quantitative estimate of drug-likeness (QED) is 0.771. The van der Waals surface area contributed by atoms with Crippen molar-refractivity contribution in [3.8, 4) is 17.7 Å². The summed E-state index contributed by atoms with van der Waals surface area (Å²) in [5.74, 6) is 0.883. The molecule has 0 N–H and O–H groups in total. The molecular formula is C13H9BrClN3O. The Labute approximate surface area is 124 Å². The Morgan fingerprint density at radius 2 is 2.11 bits per heavy atom. The highest BCUT2D eigenvalue weighted by molar-refractivity contribution is 9.10. The second-order valence-electron chi connectivity index (χ2n) is 3.89. The highest BCUT2D eigenvalue weighted by Gasteiger charge is 2.12. The number of aromatic nitrogens is 2. The van der Waals surface area contributed by atoms with Gasteiger partial charge in [-0.25, -0.2) is 4.98 Å². The molecule has 0 fully saturated rings. The minimum absolute atomic E-state index is 0.100. The van der Waals surface area contributed by atoms with Crippen molar-refractivity contribution in [1.29, 1.82) is 5.26 Å². The normalized spacial score (nSPS) is 10.1. The number of rotatable bonds is 2. The predicted molar refractivity (Wildman–Crippen MR) is 75.4 cm³/mol. The van der Waals surface area contributed by atoms with E-state index in [0.29, 0.717) is 21.7 Å². The van der Waals surface area contributed by atoms with Crippen LogP contribution in [-0.4, -0.2) is 9.97 Å². The van der Waals surface area contributed by atoms with Gasteiger partial charge in [-0.2, -0.15) is 10.2 Å². The smallest absolute Gasteiger partial charge is 0.237 e. The maximum Gasteiger partial charge on any atom is 0.237 e. The van der Waals surface area contributed by atoms with Crippen molar-refractivity contribution in [2.75, 3.05) is 0 Å². The second kappa shape index (κ2) is 5.55. The third-order valence-corrected chi connectivity index (χ3v) is 3.35. The maximum absolute atomic E-state index is 9.13. The van der Waals surface area contributed by atoms with E-state index in [0.717, 1.165) is 11.1 Å². The number of hydrogen-bond acceptors (Lipinski definition) is 4. The van der Waals surface area contributed by atoms with Gasteiger partial charge in [-0.15, -0.1) is 0 Å². The fourth-order valence-electron chi connectivity index (χ4n) is 1.62. The van der Waals surface area contributed by atoms with Crippen molar-refractivity contribution in [3.63, 3.8) is 0 Å². The third kappa shape index (κ3) is 2.86. The van der Waals surface area contributed by atoms with Crippen LogP contribution in [0.5, 0.6) is 11.6 Å². The van der Waals surface area contributed by atoms with Crippen LogP contribution in [0.2, 0.25) is 5.28 Å². The Kier molecular flexibility index (Phi) is 4.03. The molecule has 19 heavy (non-hydrogen) atoms. The summed E-state index contributed by atoms with van der Waals surface area (Å²) in [6, 6.07) is 5.80. The highest BCUT2D eigenvalue weighted by Crippen LogP contribution is 2.31. The lowest BCUT2D eigenvalue weighted by Crippen LogP contribution is -1.96. The van der Waals surface area contributed by atoms with Gasteiger partial charge in [0.15, 0.2) is 0 Å². The van der Waals surface area contributed by atoms with E-state index in [9.17, 15) is 0 Å². The predicted octanol–water partition coefficient (Wildman–Crippen LogP) is 4.17. The van der Waals surface area contributed by atoms with Crippen LogP contribution in [0.3, 0.4) is 0 Å². The minimum atomic E-state index is 0.100. The Bertz CT molecular complexity index is 682. The van der Waals surface area contributed by atoms with E-state index in [4.69, 9.17) is 21.6 Å². The van der Waals surface area contributed by atoms with Gasteiger partial charge in [0.25, 0.3) is 0 Å². The van der Waals surface area contributed by atoms with Gasteiger partial charge in [0.1, 0.15) is 5.75 Å². The lowest BCUT2D eigenvalue weighted by molar-refractivity contribution is 0.454. The molecule has 0 aliphatic rings. The second-order valence-corrected chi connectivity index (χ2v) is 5.08. The molecule has 0 radical (unpaired) electrons. The molecule has 0 unspecified atom stereocenters. The van der Waals surface area contributed by atoms with Crippen LogP contribution in [0.15, 0.2) is 22.8 Å². The summed E-state index contributed by atoms with van der Waals surface area (Å²) in [4.78, 5) is 7.82. The van der Waals surface area contributed by atoms with Gasteiger partial charge in [0, 0.05) is 11.8 Å². The lowest BCUT2D eigenvalue weighted by Gasteiger charge is -2.11. The van der Waals surface area contributed by atoms with E-state index in [1.54, 1.807) is 6.07 Å². The molecule has 4 nitrogen and oxygen atoms in total. The van der Waals surface area contributed by atoms with Gasteiger partial charge in [0.05, 0.1) is 16.1 Å². The van der Waals surface area contributed by atoms with Crippen molar-refractivity contribution in [2.24, 2.45) is 0 Å². The summed E-state index contributed by atoms with van der Waals surface area (Å²) in [6.07, 6.45) is 1.51. The topological polar surface area (TPSA) is 58.8 Å². The fraction of sp³-hybridized carbons (Fsp3) is 0.154. The van der Waals surface area contributed by atoms with Crippen molar-refractivity contribution in [3.05, 3.63) is 44.8 Å². The first-order valence-electron chi connectivity index (χ1n) is 5.39. The summed E-state index contributed by atoms with van der Waals surface area (Å²) in [6.45, 7) is 3.71. The first-order valence-corrected chi connectivity index (χ1v) is 6.56. The van der Waals surface area contributed by atoms with E-state index in [1.807, 2.05) is 19.9 Å². The first kappa shape index (κ1) is 13.8. The number of nitriles is 1. The van der Waals surface area contributed by atoms with E-state index in [1.165, 1.54) is 6.20 Å². The Morgan fingerprint density at radius 3 is 2.79 bits per heavy atom. The molecule has 2 aromatic rings. The summed E-state index contributed by atoms with van der Waals surface area (Å²) >= 11 is 9.02. The molecule has 1 heterocycles. The van der Waals surface area contributed by atoms with E-state index >= 15 is 0 Å². The summed E-state index contributed by atoms with van der Waals surface area (Å²) in [5.41, 5.74) is 2.28. The molecule has 0 atom stereocenters. The number of hydrogen-bond donors (Lipinski definition) is 0. The average molecular weight is 339 g/mol. The number of ether oxygens (including phenoxy) is 1. The summed E-state index contributed by atoms with van der Waals surface area (Å²) < 4.78 is 6.28. The number of halogens is 2. The highest BCUT2D eigenvalue weighted by atomic mass is 79.9. The van der Waals surface area contributed by atoms with Crippen LogP contribution >= 0.6 is 27.5 Å². The molecule has 0 saturated heterocycles. The zero-order valence-corrected chi connectivity index (χ0v) is 12.6. The zero-order valence-electron chi connectivity index (χ0n) is 10.2. The maximum atomic E-state index is 9.13. The first-order chi connectivity index (χ1) is 9.02. The Morgan fingerprint density at radius 1 is 1.37 bits per heavy atom. The number of benzene rings is 1. The van der Waals surface area contributed by atoms with E-state index in [-0.39, 0.29) is 5.28 Å². The molecular weight excluding hydrogens is 330 g/mol. The monoisotopic (exact) mass is 337 g/mol. The fourth-order valence-corrected chi connectivity index (χ4v) is 2.02. The van der Waals surface area contributed by atoms with Gasteiger partial charge in [-0.05, 0) is 53.0 Å². The Balaban J connectivity index is 2.45. The van der Waals surface area contributed by atoms with Crippen molar-refractivity contribution in [1.82, 2.24) is 9.97 Å². The van der Waals surface area contributed by atoms with Crippen LogP contribution in [0, 0.1) is 25.2 Å². The molecule has 0 saturated carbocycles. The molecule has 0 aliphatic carbocycles. The largest absolute Gasteiger partial charge is 0.437 e. The average Bonchev–Trinajstić information content (AvgIpc) is 2.38. The Hall–Kier alpha value is -1.64. The molecule has 0 bridgehead atoms. The van der Waals surface area contributed by atoms with Crippen molar-refractivity contribution >= 4 is 27.5 Å². The molecule has 0 aliphatic heterocycles. The molecule has 6 heteroatoms. The molecule has 1 aromatic carbocycles. The van der Waals surface area contributed by atoms with Gasteiger partial charge in [-0.3, -0.25) is 0 Å². The molecule has 1 aromatic heterocycles. The van der Waals surface area contributed by atoms with Crippen LogP contribution in [-0.2, 0) is 0 Å². The van der Waals surface area contributed by atoms with Crippen molar-refractivity contribution < 1.29 is 4.74 Å². The summed E-state index contributed by atoms with van der Waals surface area (Å²) in [7, 11) is 0. The third-order valence-electron chi connectivity index (χ3n) is 2.62. The van der Waals surface area contributed by atoms with Crippen molar-refractivity contribution in [2.45, 2.75) is 13.8 Å². The van der Waals surface area contributed by atoms with Crippen LogP contribution in [0.4, 0.5) is 0 Å². The van der Waals surface area contributed by atoms with Crippen LogP contribution in [0.1, 0.15) is 16.7 Å². The van der Waals surface area contributed by atoms with Crippen LogP contribution in [0.25, 0.3) is 0 Å². The molecule has 0 amide bonds. The number of aryl methyl sites for hydroxylation is 1. The van der Waals surface area contributed by atoms with Gasteiger partial charge >= 0.3 is 0 Å². The minimum Gasteiger partial charge on any atom is -0.437 e. The summed E-state index contributed by atoms with van der Waals surface area (Å²) in [5, 5.41) is 9.23. The van der Waals surface area contributed by atoms with Crippen LogP contribution < -0.4 is 4.74 Å². The zero-order chi connectivity index (χ0) is 14.0.